The van der Waals surface area contributed by atoms with Crippen LogP contribution in [0.1, 0.15) is 18.6 Å². The van der Waals surface area contributed by atoms with Gasteiger partial charge in [0.05, 0.1) is 22.3 Å². The van der Waals surface area contributed by atoms with Crippen LogP contribution in [0.2, 0.25) is 5.02 Å². The number of H-pyrrole nitrogens is 1. The maximum Gasteiger partial charge on any atom is 0.214 e. The van der Waals surface area contributed by atoms with Crippen molar-refractivity contribution in [3.8, 4) is 0 Å². The van der Waals surface area contributed by atoms with Crippen LogP contribution in [0.15, 0.2) is 22.7 Å². The van der Waals surface area contributed by atoms with Gasteiger partial charge in [-0.05, 0) is 18.3 Å². The smallest absolute Gasteiger partial charge is 0.214 e. The average molecular weight is 312 g/mol. The lowest BCUT2D eigenvalue weighted by Gasteiger charge is -2.02. The molecule has 1 N–H and O–H groups in total. The van der Waals surface area contributed by atoms with Crippen LogP contribution in [0.4, 0.5) is 4.39 Å². The third-order valence-corrected chi connectivity index (χ3v) is 3.67. The first kappa shape index (κ1) is 13.3. The summed E-state index contributed by atoms with van der Waals surface area (Å²) in [7, 11) is 0. The summed E-state index contributed by atoms with van der Waals surface area (Å²) in [5, 5.41) is 0.0573. The van der Waals surface area contributed by atoms with E-state index in [4.69, 9.17) is 28.2 Å². The Morgan fingerprint density at radius 1 is 1.50 bits per heavy atom. The van der Waals surface area contributed by atoms with Gasteiger partial charge in [-0.3, -0.25) is 0 Å². The second kappa shape index (κ2) is 5.03. The molecule has 1 aromatic carbocycles. The van der Waals surface area contributed by atoms with Gasteiger partial charge in [-0.15, -0.1) is 0 Å². The van der Waals surface area contributed by atoms with Crippen LogP contribution in [-0.4, -0.2) is 14.5 Å². The molecule has 3 aromatic rings. The van der Waals surface area contributed by atoms with E-state index < -0.39 is 5.82 Å². The molecule has 2 heterocycles. The molecule has 0 bridgehead atoms. The van der Waals surface area contributed by atoms with E-state index in [1.807, 2.05) is 6.92 Å². The van der Waals surface area contributed by atoms with Gasteiger partial charge in [-0.25, -0.2) is 9.37 Å². The van der Waals surface area contributed by atoms with Gasteiger partial charge in [0.1, 0.15) is 18.1 Å². The molecule has 0 unspecified atom stereocenters. The first-order chi connectivity index (χ1) is 9.58. The monoisotopic (exact) mass is 311 g/mol. The molecule has 0 spiro atoms. The maximum absolute atomic E-state index is 13.4. The van der Waals surface area contributed by atoms with Crippen molar-refractivity contribution in [2.24, 2.45) is 0 Å². The van der Waals surface area contributed by atoms with Gasteiger partial charge in [-0.1, -0.05) is 18.5 Å². The van der Waals surface area contributed by atoms with Crippen molar-refractivity contribution < 1.29 is 8.81 Å². The summed E-state index contributed by atoms with van der Waals surface area (Å²) in [5.74, 6) is 0.890. The van der Waals surface area contributed by atoms with E-state index in [1.165, 1.54) is 6.07 Å². The summed E-state index contributed by atoms with van der Waals surface area (Å²) in [6, 6.07) is 2.87. The zero-order valence-electron chi connectivity index (χ0n) is 10.6. The Bertz CT molecular complexity index is 836. The van der Waals surface area contributed by atoms with Crippen molar-refractivity contribution in [1.82, 2.24) is 14.5 Å². The lowest BCUT2D eigenvalue weighted by atomic mass is 10.3. The fourth-order valence-electron chi connectivity index (χ4n) is 2.03. The molecule has 0 amide bonds. The van der Waals surface area contributed by atoms with Gasteiger partial charge < -0.3 is 14.0 Å². The molecule has 0 saturated heterocycles. The number of hydrogen-bond donors (Lipinski definition) is 1. The molecule has 0 aliphatic carbocycles. The summed E-state index contributed by atoms with van der Waals surface area (Å²) in [6.45, 7) is 2.37. The topological polar surface area (TPSA) is 46.8 Å². The summed E-state index contributed by atoms with van der Waals surface area (Å²) in [6.07, 6.45) is 2.48. The van der Waals surface area contributed by atoms with Crippen molar-refractivity contribution in [2.45, 2.75) is 19.9 Å². The standard InChI is InChI=1S/C13H11ClFN3OS/c1-2-7-5-16-12(19-7)6-18-11-3-8(14)9(15)4-10(11)17-13(18)20/h3-5H,2,6H2,1H3,(H,17,20). The molecule has 7 heteroatoms. The highest BCUT2D eigenvalue weighted by Gasteiger charge is 2.11. The van der Waals surface area contributed by atoms with Crippen molar-refractivity contribution in [3.63, 3.8) is 0 Å². The van der Waals surface area contributed by atoms with E-state index in [0.717, 1.165) is 17.7 Å². The second-order valence-electron chi connectivity index (χ2n) is 4.37. The quantitative estimate of drug-likeness (QED) is 0.741. The highest BCUT2D eigenvalue weighted by atomic mass is 35.5. The fourth-order valence-corrected chi connectivity index (χ4v) is 2.46. The summed E-state index contributed by atoms with van der Waals surface area (Å²) >= 11 is 11.1. The first-order valence-electron chi connectivity index (χ1n) is 6.09. The van der Waals surface area contributed by atoms with Crippen molar-refractivity contribution in [2.75, 3.05) is 0 Å². The van der Waals surface area contributed by atoms with Gasteiger partial charge in [0.15, 0.2) is 4.77 Å². The highest BCUT2D eigenvalue weighted by molar-refractivity contribution is 7.71. The van der Waals surface area contributed by atoms with Gasteiger partial charge >= 0.3 is 0 Å². The molecule has 0 fully saturated rings. The van der Waals surface area contributed by atoms with E-state index in [0.29, 0.717) is 22.7 Å². The number of hydrogen-bond acceptors (Lipinski definition) is 3. The molecule has 2 aromatic heterocycles. The highest BCUT2D eigenvalue weighted by Crippen LogP contribution is 2.23. The van der Waals surface area contributed by atoms with E-state index in [1.54, 1.807) is 16.8 Å². The van der Waals surface area contributed by atoms with Crippen LogP contribution in [-0.2, 0) is 13.0 Å². The Labute approximate surface area is 124 Å². The van der Waals surface area contributed by atoms with Gasteiger partial charge in [-0.2, -0.15) is 0 Å². The van der Waals surface area contributed by atoms with Crippen molar-refractivity contribution >= 4 is 34.9 Å². The number of fused-ring (bicyclic) bond motifs is 1. The first-order valence-corrected chi connectivity index (χ1v) is 6.88. The van der Waals surface area contributed by atoms with E-state index >= 15 is 0 Å². The van der Waals surface area contributed by atoms with Crippen LogP contribution in [0.3, 0.4) is 0 Å². The molecule has 0 atom stereocenters. The molecular formula is C13H11ClFN3OS. The van der Waals surface area contributed by atoms with E-state index in [9.17, 15) is 4.39 Å². The number of aromatic amines is 1. The Morgan fingerprint density at radius 3 is 3.00 bits per heavy atom. The number of benzene rings is 1. The number of aryl methyl sites for hydroxylation is 1. The molecule has 0 aliphatic rings. The molecule has 4 nitrogen and oxygen atoms in total. The number of oxazole rings is 1. The van der Waals surface area contributed by atoms with Gasteiger partial charge in [0.25, 0.3) is 0 Å². The third kappa shape index (κ3) is 2.25. The normalized spacial score (nSPS) is 11.3. The molecule has 0 radical (unpaired) electrons. The minimum absolute atomic E-state index is 0.0573. The Morgan fingerprint density at radius 2 is 2.30 bits per heavy atom. The predicted molar refractivity (Wildman–Crippen MR) is 77.1 cm³/mol. The summed E-state index contributed by atoms with van der Waals surface area (Å²) < 4.78 is 21.3. The Kier molecular flexibility index (Phi) is 3.35. The molecule has 20 heavy (non-hydrogen) atoms. The number of rotatable bonds is 3. The maximum atomic E-state index is 13.4. The minimum atomic E-state index is -0.480. The number of halogens is 2. The minimum Gasteiger partial charge on any atom is -0.444 e. The third-order valence-electron chi connectivity index (χ3n) is 3.06. The van der Waals surface area contributed by atoms with Crippen LogP contribution in [0, 0.1) is 10.6 Å². The molecule has 0 aliphatic heterocycles. The summed E-state index contributed by atoms with van der Waals surface area (Å²) in [4.78, 5) is 7.14. The Hall–Kier alpha value is -1.66. The largest absolute Gasteiger partial charge is 0.444 e. The summed E-state index contributed by atoms with van der Waals surface area (Å²) in [5.41, 5.74) is 1.32. The van der Waals surface area contributed by atoms with Crippen LogP contribution in [0.5, 0.6) is 0 Å². The number of nitrogens with zero attached hydrogens (tertiary/aromatic N) is 2. The Balaban J connectivity index is 2.08. The van der Waals surface area contributed by atoms with Gasteiger partial charge in [0, 0.05) is 12.5 Å². The number of imidazole rings is 1. The molecule has 0 saturated carbocycles. The van der Waals surface area contributed by atoms with Crippen LogP contribution in [0.25, 0.3) is 11.0 Å². The van der Waals surface area contributed by atoms with Crippen molar-refractivity contribution in [1.29, 1.82) is 0 Å². The average Bonchev–Trinajstić information content (AvgIpc) is 2.98. The van der Waals surface area contributed by atoms with Crippen LogP contribution >= 0.6 is 23.8 Å². The van der Waals surface area contributed by atoms with E-state index in [-0.39, 0.29) is 5.02 Å². The fraction of sp³-hybridized carbons (Fsp3) is 0.231. The lowest BCUT2D eigenvalue weighted by molar-refractivity contribution is 0.447. The lowest BCUT2D eigenvalue weighted by Crippen LogP contribution is -2.00. The molecular weight excluding hydrogens is 301 g/mol. The van der Waals surface area contributed by atoms with Crippen LogP contribution < -0.4 is 0 Å². The zero-order valence-corrected chi connectivity index (χ0v) is 12.2. The van der Waals surface area contributed by atoms with Crippen molar-refractivity contribution in [3.05, 3.63) is 45.6 Å². The molecule has 3 rings (SSSR count). The van der Waals surface area contributed by atoms with Gasteiger partial charge in [0.2, 0.25) is 5.89 Å². The molecule has 104 valence electrons. The zero-order chi connectivity index (χ0) is 14.3. The number of nitrogens with one attached hydrogen (secondary N) is 1. The predicted octanol–water partition coefficient (Wildman–Crippen LogP) is 4.09. The second-order valence-corrected chi connectivity index (χ2v) is 5.17. The SMILES string of the molecule is CCc1cnc(Cn2c(=S)[nH]c3cc(F)c(Cl)cc32)o1. The van der Waals surface area contributed by atoms with E-state index in [2.05, 4.69) is 9.97 Å². The number of aromatic nitrogens is 3.